The van der Waals surface area contributed by atoms with Gasteiger partial charge in [0.15, 0.2) is 9.84 Å². The third-order valence-electron chi connectivity index (χ3n) is 4.16. The predicted octanol–water partition coefficient (Wildman–Crippen LogP) is 1.85. The zero-order valence-electron chi connectivity index (χ0n) is 13.6. The van der Waals surface area contributed by atoms with Gasteiger partial charge in [0.05, 0.1) is 21.7 Å². The largest absolute Gasteiger partial charge is 0.264 e. The first-order valence-corrected chi connectivity index (χ1v) is 10.7. The Labute approximate surface area is 142 Å². The highest BCUT2D eigenvalue weighted by molar-refractivity contribution is 7.93. The number of sulfonamides is 1. The van der Waals surface area contributed by atoms with Crippen molar-refractivity contribution in [3.63, 3.8) is 0 Å². The maximum atomic E-state index is 13.2. The van der Waals surface area contributed by atoms with Crippen LogP contribution >= 0.6 is 0 Å². The first-order chi connectivity index (χ1) is 11.1. The van der Waals surface area contributed by atoms with Crippen molar-refractivity contribution < 1.29 is 16.8 Å². The molecule has 0 saturated carbocycles. The number of sulfone groups is 1. The van der Waals surface area contributed by atoms with Gasteiger partial charge in [-0.05, 0) is 55.2 Å². The average Bonchev–Trinajstić information content (AvgIpc) is 2.92. The van der Waals surface area contributed by atoms with Gasteiger partial charge >= 0.3 is 0 Å². The molecular formula is C16H18N2O4S2. The number of nitrogens with zero attached hydrogens (tertiary/aromatic N) is 2. The first-order valence-electron chi connectivity index (χ1n) is 7.39. The van der Waals surface area contributed by atoms with Gasteiger partial charge in [0, 0.05) is 19.0 Å². The molecule has 2 aromatic rings. The number of aromatic nitrogens is 1. The highest BCUT2D eigenvalue weighted by Gasteiger charge is 2.33. The summed E-state index contributed by atoms with van der Waals surface area (Å²) in [7, 11) is -7.38. The molecule has 1 aliphatic rings. The lowest BCUT2D eigenvalue weighted by atomic mass is 10.2. The van der Waals surface area contributed by atoms with Crippen molar-refractivity contribution in [2.75, 3.05) is 17.1 Å². The van der Waals surface area contributed by atoms with Gasteiger partial charge in [-0.15, -0.1) is 0 Å². The molecule has 0 bridgehead atoms. The molecule has 1 aliphatic heterocycles. The van der Waals surface area contributed by atoms with Crippen molar-refractivity contribution in [2.24, 2.45) is 0 Å². The van der Waals surface area contributed by atoms with E-state index in [2.05, 4.69) is 4.98 Å². The van der Waals surface area contributed by atoms with Gasteiger partial charge in [-0.3, -0.25) is 9.29 Å². The molecule has 6 nitrogen and oxygen atoms in total. The van der Waals surface area contributed by atoms with E-state index in [0.717, 1.165) is 11.8 Å². The Morgan fingerprint density at radius 2 is 1.75 bits per heavy atom. The molecule has 0 radical (unpaired) electrons. The first kappa shape index (κ1) is 16.9. The normalized spacial score (nSPS) is 14.7. The minimum atomic E-state index is -3.86. The monoisotopic (exact) mass is 366 g/mol. The Bertz CT molecular complexity index is 1030. The van der Waals surface area contributed by atoms with Gasteiger partial charge < -0.3 is 0 Å². The second-order valence-corrected chi connectivity index (χ2v) is 9.80. The molecular weight excluding hydrogens is 348 g/mol. The third-order valence-corrected chi connectivity index (χ3v) is 7.33. The lowest BCUT2D eigenvalue weighted by Gasteiger charge is -2.21. The molecule has 8 heteroatoms. The Balaban J connectivity index is 2.21. The molecule has 2 heterocycles. The summed E-state index contributed by atoms with van der Waals surface area (Å²) in [6.45, 7) is 3.54. The fourth-order valence-electron chi connectivity index (χ4n) is 3.01. The Kier molecular flexibility index (Phi) is 3.92. The Morgan fingerprint density at radius 3 is 2.42 bits per heavy atom. The van der Waals surface area contributed by atoms with Crippen LogP contribution in [0.15, 0.2) is 40.4 Å². The third kappa shape index (κ3) is 2.69. The van der Waals surface area contributed by atoms with E-state index in [1.165, 1.54) is 29.6 Å². The van der Waals surface area contributed by atoms with Crippen molar-refractivity contribution in [2.45, 2.75) is 30.1 Å². The van der Waals surface area contributed by atoms with E-state index in [4.69, 9.17) is 0 Å². The van der Waals surface area contributed by atoms with Crippen molar-refractivity contribution >= 4 is 25.5 Å². The summed E-state index contributed by atoms with van der Waals surface area (Å²) in [5.41, 5.74) is 2.31. The number of hydrogen-bond acceptors (Lipinski definition) is 5. The highest BCUT2D eigenvalue weighted by Crippen LogP contribution is 2.34. The molecule has 1 aromatic heterocycles. The van der Waals surface area contributed by atoms with E-state index in [1.54, 1.807) is 19.2 Å². The van der Waals surface area contributed by atoms with Gasteiger partial charge in [-0.25, -0.2) is 16.8 Å². The van der Waals surface area contributed by atoms with E-state index in [9.17, 15) is 16.8 Å². The van der Waals surface area contributed by atoms with Crippen LogP contribution < -0.4 is 4.31 Å². The van der Waals surface area contributed by atoms with Crippen LogP contribution in [0, 0.1) is 13.8 Å². The van der Waals surface area contributed by atoms with Gasteiger partial charge in [0.25, 0.3) is 10.0 Å². The molecule has 0 spiro atoms. The van der Waals surface area contributed by atoms with Crippen LogP contribution in [0.2, 0.25) is 0 Å². The van der Waals surface area contributed by atoms with Crippen molar-refractivity contribution in [1.82, 2.24) is 4.98 Å². The minimum absolute atomic E-state index is 0.0274. The number of anilines is 1. The van der Waals surface area contributed by atoms with Crippen molar-refractivity contribution in [3.05, 3.63) is 47.3 Å². The molecule has 0 atom stereocenters. The Hall–Kier alpha value is -1.93. The van der Waals surface area contributed by atoms with Crippen LogP contribution in [-0.4, -0.2) is 34.6 Å². The molecule has 128 valence electrons. The summed E-state index contributed by atoms with van der Waals surface area (Å²) in [6, 6.07) is 4.83. The maximum Gasteiger partial charge on any atom is 0.264 e. The molecule has 0 saturated heterocycles. The summed E-state index contributed by atoms with van der Waals surface area (Å²) in [5.74, 6) is 0. The summed E-state index contributed by atoms with van der Waals surface area (Å²) < 4.78 is 51.6. The SMILES string of the molecule is Cc1cc(S(C)(=O)=O)c(C)c(S(=O)(=O)N2CCc3ccncc32)c1. The second kappa shape index (κ2) is 5.56. The predicted molar refractivity (Wildman–Crippen MR) is 91.5 cm³/mol. The second-order valence-electron chi connectivity index (χ2n) is 5.99. The van der Waals surface area contributed by atoms with E-state index in [0.29, 0.717) is 24.2 Å². The number of aryl methyl sites for hydroxylation is 1. The van der Waals surface area contributed by atoms with Crippen molar-refractivity contribution in [1.29, 1.82) is 0 Å². The zero-order valence-corrected chi connectivity index (χ0v) is 15.3. The molecule has 0 amide bonds. The van der Waals surface area contributed by atoms with Crippen LogP contribution in [-0.2, 0) is 26.3 Å². The summed E-state index contributed by atoms with van der Waals surface area (Å²) in [5, 5.41) is 0. The van der Waals surface area contributed by atoms with Crippen LogP contribution in [0.3, 0.4) is 0 Å². The molecule has 3 rings (SSSR count). The van der Waals surface area contributed by atoms with Crippen LogP contribution in [0.4, 0.5) is 5.69 Å². The molecule has 24 heavy (non-hydrogen) atoms. The quantitative estimate of drug-likeness (QED) is 0.828. The van der Waals surface area contributed by atoms with E-state index in [1.807, 2.05) is 0 Å². The maximum absolute atomic E-state index is 13.2. The molecule has 0 fully saturated rings. The summed E-state index contributed by atoms with van der Waals surface area (Å²) in [4.78, 5) is 4.08. The van der Waals surface area contributed by atoms with E-state index in [-0.39, 0.29) is 15.4 Å². The fraction of sp³-hybridized carbons (Fsp3) is 0.312. The number of fused-ring (bicyclic) bond motifs is 1. The summed E-state index contributed by atoms with van der Waals surface area (Å²) >= 11 is 0. The van der Waals surface area contributed by atoms with Crippen LogP contribution in [0.5, 0.6) is 0 Å². The smallest absolute Gasteiger partial charge is 0.264 e. The molecule has 1 aromatic carbocycles. The Morgan fingerprint density at radius 1 is 1.08 bits per heavy atom. The highest BCUT2D eigenvalue weighted by atomic mass is 32.2. The van der Waals surface area contributed by atoms with Gasteiger partial charge in [-0.1, -0.05) is 0 Å². The van der Waals surface area contributed by atoms with E-state index >= 15 is 0 Å². The number of pyridine rings is 1. The molecule has 0 N–H and O–H groups in total. The lowest BCUT2D eigenvalue weighted by Crippen LogP contribution is -2.30. The van der Waals surface area contributed by atoms with Gasteiger partial charge in [0.2, 0.25) is 0 Å². The minimum Gasteiger partial charge on any atom is -0.264 e. The standard InChI is InChI=1S/C16H18N2O4S2/c1-11-8-15(23(3,19)20)12(2)16(9-11)24(21,22)18-7-5-13-4-6-17-10-14(13)18/h4,6,8-10H,5,7H2,1-3H3. The number of hydrogen-bond donors (Lipinski definition) is 0. The average molecular weight is 366 g/mol. The molecule has 0 aliphatic carbocycles. The van der Waals surface area contributed by atoms with Gasteiger partial charge in [0.1, 0.15) is 0 Å². The molecule has 0 unspecified atom stereocenters. The van der Waals surface area contributed by atoms with Crippen molar-refractivity contribution in [3.8, 4) is 0 Å². The van der Waals surface area contributed by atoms with Crippen LogP contribution in [0.1, 0.15) is 16.7 Å². The fourth-order valence-corrected chi connectivity index (χ4v) is 5.96. The number of benzene rings is 1. The lowest BCUT2D eigenvalue weighted by molar-refractivity contribution is 0.590. The summed E-state index contributed by atoms with van der Waals surface area (Å²) in [6.07, 6.45) is 4.86. The van der Waals surface area contributed by atoms with Gasteiger partial charge in [-0.2, -0.15) is 0 Å². The zero-order chi connectivity index (χ0) is 17.7. The topological polar surface area (TPSA) is 84.4 Å². The van der Waals surface area contributed by atoms with E-state index < -0.39 is 19.9 Å². The number of rotatable bonds is 3. The van der Waals surface area contributed by atoms with Crippen LogP contribution in [0.25, 0.3) is 0 Å².